The van der Waals surface area contributed by atoms with Crippen LogP contribution in [0.3, 0.4) is 0 Å². The first-order valence-corrected chi connectivity index (χ1v) is 5.76. The summed E-state index contributed by atoms with van der Waals surface area (Å²) >= 11 is 0. The highest BCUT2D eigenvalue weighted by molar-refractivity contribution is 5.86. The van der Waals surface area contributed by atoms with E-state index >= 15 is 0 Å². The normalized spacial score (nSPS) is 19.3. The third kappa shape index (κ3) is 3.38. The van der Waals surface area contributed by atoms with Gasteiger partial charge in [0.2, 0.25) is 0 Å². The van der Waals surface area contributed by atoms with Crippen molar-refractivity contribution >= 4 is 11.8 Å². The van der Waals surface area contributed by atoms with E-state index in [0.717, 1.165) is 13.2 Å². The average molecular weight is 252 g/mol. The van der Waals surface area contributed by atoms with Gasteiger partial charge in [0, 0.05) is 19.1 Å². The Balaban J connectivity index is 1.84. The van der Waals surface area contributed by atoms with E-state index in [4.69, 9.17) is 4.74 Å². The van der Waals surface area contributed by atoms with Crippen molar-refractivity contribution in [3.05, 3.63) is 17.8 Å². The van der Waals surface area contributed by atoms with Crippen molar-refractivity contribution in [2.24, 2.45) is 0 Å². The van der Waals surface area contributed by atoms with Gasteiger partial charge in [-0.05, 0) is 12.1 Å². The fourth-order valence-corrected chi connectivity index (χ4v) is 1.62. The van der Waals surface area contributed by atoms with E-state index in [2.05, 4.69) is 25.6 Å². The fraction of sp³-hybridized carbons (Fsp3) is 0.545. The minimum Gasteiger partial charge on any atom is -0.464 e. The molecule has 1 aromatic heterocycles. The molecule has 1 atom stereocenters. The molecule has 1 fully saturated rings. The van der Waals surface area contributed by atoms with Crippen molar-refractivity contribution in [2.45, 2.75) is 6.04 Å². The second kappa shape index (κ2) is 6.27. The van der Waals surface area contributed by atoms with E-state index in [0.29, 0.717) is 19.0 Å². The van der Waals surface area contributed by atoms with Gasteiger partial charge in [0.25, 0.3) is 0 Å². The van der Waals surface area contributed by atoms with Gasteiger partial charge in [-0.25, -0.2) is 4.79 Å². The molecule has 0 radical (unpaired) electrons. The van der Waals surface area contributed by atoms with Gasteiger partial charge < -0.3 is 20.1 Å². The zero-order chi connectivity index (χ0) is 12.8. The SMILES string of the molecule is COC(=O)c1ccc(NCC2COCCN2)nn1. The van der Waals surface area contributed by atoms with Crippen molar-refractivity contribution in [2.75, 3.05) is 38.7 Å². The minimum absolute atomic E-state index is 0.196. The van der Waals surface area contributed by atoms with Gasteiger partial charge in [-0.1, -0.05) is 0 Å². The Kier molecular flexibility index (Phi) is 4.43. The van der Waals surface area contributed by atoms with Gasteiger partial charge in [0.05, 0.1) is 20.3 Å². The summed E-state index contributed by atoms with van der Waals surface area (Å²) in [6.45, 7) is 3.00. The summed E-state index contributed by atoms with van der Waals surface area (Å²) in [5.41, 5.74) is 0.196. The Bertz CT molecular complexity index is 390. The molecule has 2 rings (SSSR count). The molecule has 1 aliphatic heterocycles. The molecule has 1 unspecified atom stereocenters. The van der Waals surface area contributed by atoms with Crippen LogP contribution in [0.25, 0.3) is 0 Å². The van der Waals surface area contributed by atoms with Crippen molar-refractivity contribution in [1.82, 2.24) is 15.5 Å². The van der Waals surface area contributed by atoms with Crippen LogP contribution in [-0.4, -0.2) is 55.6 Å². The molecule has 18 heavy (non-hydrogen) atoms. The zero-order valence-electron chi connectivity index (χ0n) is 10.2. The van der Waals surface area contributed by atoms with Gasteiger partial charge >= 0.3 is 5.97 Å². The van der Waals surface area contributed by atoms with Crippen LogP contribution in [0.4, 0.5) is 5.82 Å². The second-order valence-electron chi connectivity index (χ2n) is 3.90. The maximum atomic E-state index is 11.2. The van der Waals surface area contributed by atoms with E-state index < -0.39 is 5.97 Å². The van der Waals surface area contributed by atoms with Crippen LogP contribution in [0.15, 0.2) is 12.1 Å². The van der Waals surface area contributed by atoms with Crippen LogP contribution in [0.1, 0.15) is 10.5 Å². The highest BCUT2D eigenvalue weighted by atomic mass is 16.5. The summed E-state index contributed by atoms with van der Waals surface area (Å²) in [6, 6.07) is 3.54. The van der Waals surface area contributed by atoms with Gasteiger partial charge in [-0.2, -0.15) is 0 Å². The maximum absolute atomic E-state index is 11.2. The summed E-state index contributed by atoms with van der Waals surface area (Å²) in [4.78, 5) is 11.2. The number of carbonyl (C=O) groups is 1. The van der Waals surface area contributed by atoms with Crippen molar-refractivity contribution in [3.63, 3.8) is 0 Å². The lowest BCUT2D eigenvalue weighted by Crippen LogP contribution is -2.45. The van der Waals surface area contributed by atoms with Gasteiger partial charge in [-0.15, -0.1) is 10.2 Å². The standard InChI is InChI=1S/C11H16N4O3/c1-17-11(16)9-2-3-10(15-14-9)13-6-8-7-18-5-4-12-8/h2-3,8,12H,4-7H2,1H3,(H,13,15). The maximum Gasteiger partial charge on any atom is 0.358 e. The van der Waals surface area contributed by atoms with E-state index in [1.807, 2.05) is 0 Å². The van der Waals surface area contributed by atoms with Gasteiger partial charge in [-0.3, -0.25) is 0 Å². The smallest absolute Gasteiger partial charge is 0.358 e. The lowest BCUT2D eigenvalue weighted by molar-refractivity contribution is 0.0593. The number of methoxy groups -OCH3 is 1. The number of aromatic nitrogens is 2. The summed E-state index contributed by atoms with van der Waals surface area (Å²) < 4.78 is 9.88. The number of hydrogen-bond donors (Lipinski definition) is 2. The van der Waals surface area contributed by atoms with Crippen LogP contribution in [0.5, 0.6) is 0 Å². The number of rotatable bonds is 4. The van der Waals surface area contributed by atoms with Crippen molar-refractivity contribution in [3.8, 4) is 0 Å². The average Bonchev–Trinajstić information content (AvgIpc) is 2.46. The van der Waals surface area contributed by atoms with E-state index in [1.165, 1.54) is 7.11 Å². The third-order valence-electron chi connectivity index (χ3n) is 2.59. The first kappa shape index (κ1) is 12.7. The number of hydrogen-bond acceptors (Lipinski definition) is 7. The number of ether oxygens (including phenoxy) is 2. The van der Waals surface area contributed by atoms with E-state index in [-0.39, 0.29) is 11.7 Å². The summed E-state index contributed by atoms with van der Waals surface area (Å²) in [5, 5.41) is 14.1. The lowest BCUT2D eigenvalue weighted by Gasteiger charge is -2.23. The molecule has 1 aliphatic rings. The Morgan fingerprint density at radius 3 is 3.11 bits per heavy atom. The molecule has 0 aliphatic carbocycles. The number of morpholine rings is 1. The Hall–Kier alpha value is -1.73. The molecule has 0 saturated carbocycles. The molecule has 1 saturated heterocycles. The molecule has 0 spiro atoms. The predicted molar refractivity (Wildman–Crippen MR) is 64.5 cm³/mol. The number of carbonyl (C=O) groups excluding carboxylic acids is 1. The summed E-state index contributed by atoms with van der Waals surface area (Å²) in [7, 11) is 1.31. The molecular weight excluding hydrogens is 236 g/mol. The van der Waals surface area contributed by atoms with Crippen molar-refractivity contribution < 1.29 is 14.3 Å². The summed E-state index contributed by atoms with van der Waals surface area (Å²) in [5.74, 6) is 0.131. The Labute approximate surface area is 105 Å². The molecular formula is C11H16N4O3. The fourth-order valence-electron chi connectivity index (χ4n) is 1.62. The van der Waals surface area contributed by atoms with Crippen LogP contribution in [-0.2, 0) is 9.47 Å². The zero-order valence-corrected chi connectivity index (χ0v) is 10.2. The molecule has 7 nitrogen and oxygen atoms in total. The molecule has 1 aromatic rings. The number of esters is 1. The number of nitrogens with zero attached hydrogens (tertiary/aromatic N) is 2. The molecule has 0 bridgehead atoms. The largest absolute Gasteiger partial charge is 0.464 e. The van der Waals surface area contributed by atoms with Crippen LogP contribution >= 0.6 is 0 Å². The summed E-state index contributed by atoms with van der Waals surface area (Å²) in [6.07, 6.45) is 0. The monoisotopic (exact) mass is 252 g/mol. The van der Waals surface area contributed by atoms with Crippen LogP contribution in [0.2, 0.25) is 0 Å². The molecule has 2 N–H and O–H groups in total. The second-order valence-corrected chi connectivity index (χ2v) is 3.90. The lowest BCUT2D eigenvalue weighted by atomic mass is 10.3. The van der Waals surface area contributed by atoms with Crippen molar-refractivity contribution in [1.29, 1.82) is 0 Å². The molecule has 2 heterocycles. The van der Waals surface area contributed by atoms with Gasteiger partial charge in [0.1, 0.15) is 5.82 Å². The van der Waals surface area contributed by atoms with E-state index in [1.54, 1.807) is 12.1 Å². The molecule has 98 valence electrons. The molecule has 0 aromatic carbocycles. The van der Waals surface area contributed by atoms with Crippen LogP contribution < -0.4 is 10.6 Å². The Morgan fingerprint density at radius 1 is 1.61 bits per heavy atom. The highest BCUT2D eigenvalue weighted by Crippen LogP contribution is 2.03. The highest BCUT2D eigenvalue weighted by Gasteiger charge is 2.13. The third-order valence-corrected chi connectivity index (χ3v) is 2.59. The van der Waals surface area contributed by atoms with E-state index in [9.17, 15) is 4.79 Å². The first-order valence-electron chi connectivity index (χ1n) is 5.76. The first-order chi connectivity index (χ1) is 8.79. The topological polar surface area (TPSA) is 85.4 Å². The molecule has 0 amide bonds. The predicted octanol–water partition coefficient (Wildman–Crippen LogP) is -0.336. The Morgan fingerprint density at radius 2 is 2.50 bits per heavy atom. The minimum atomic E-state index is -0.489. The number of nitrogens with one attached hydrogen (secondary N) is 2. The van der Waals surface area contributed by atoms with Gasteiger partial charge in [0.15, 0.2) is 5.69 Å². The quantitative estimate of drug-likeness (QED) is 0.709. The molecule has 7 heteroatoms. The number of anilines is 1. The van der Waals surface area contributed by atoms with Crippen LogP contribution in [0, 0.1) is 0 Å².